The smallest absolute Gasteiger partial charge is 0.246 e. The Kier molecular flexibility index (Phi) is 6.04. The molecule has 8 nitrogen and oxygen atoms in total. The van der Waals surface area contributed by atoms with E-state index in [0.717, 1.165) is 16.4 Å². The fourth-order valence-electron chi connectivity index (χ4n) is 2.98. The summed E-state index contributed by atoms with van der Waals surface area (Å²) in [4.78, 5) is 17.2. The number of carbonyl (C=O) groups excluding carboxylic acids is 1. The van der Waals surface area contributed by atoms with Crippen molar-refractivity contribution in [3.05, 3.63) is 41.5 Å². The van der Waals surface area contributed by atoms with Gasteiger partial charge < -0.3 is 9.42 Å². The highest BCUT2D eigenvalue weighted by molar-refractivity contribution is 7.89. The molecule has 1 fully saturated rings. The van der Waals surface area contributed by atoms with Gasteiger partial charge in [-0.3, -0.25) is 4.79 Å². The van der Waals surface area contributed by atoms with Gasteiger partial charge in [-0.05, 0) is 31.5 Å². The Labute approximate surface area is 161 Å². The van der Waals surface area contributed by atoms with E-state index in [1.54, 1.807) is 11.8 Å². The van der Waals surface area contributed by atoms with E-state index in [9.17, 15) is 22.0 Å². The average molecular weight is 414 g/mol. The maximum atomic E-state index is 13.9. The molecular formula is C17H20F2N4O4S. The molecule has 1 aromatic heterocycles. The quantitative estimate of drug-likeness (QED) is 0.711. The van der Waals surface area contributed by atoms with Crippen LogP contribution in [0.25, 0.3) is 0 Å². The van der Waals surface area contributed by atoms with Crippen LogP contribution in [-0.4, -0.2) is 59.8 Å². The third-order valence-electron chi connectivity index (χ3n) is 4.45. The summed E-state index contributed by atoms with van der Waals surface area (Å²) >= 11 is 0. The first-order chi connectivity index (χ1) is 13.3. The summed E-state index contributed by atoms with van der Waals surface area (Å²) in [7, 11) is -4.16. The lowest BCUT2D eigenvalue weighted by Gasteiger charge is -2.34. The van der Waals surface area contributed by atoms with Crippen LogP contribution < -0.4 is 0 Å². The van der Waals surface area contributed by atoms with Gasteiger partial charge in [-0.1, -0.05) is 5.16 Å². The van der Waals surface area contributed by atoms with Crippen molar-refractivity contribution in [3.8, 4) is 0 Å². The minimum Gasteiger partial charge on any atom is -0.340 e. The van der Waals surface area contributed by atoms with Crippen molar-refractivity contribution in [2.45, 2.75) is 31.1 Å². The molecule has 1 aliphatic heterocycles. The van der Waals surface area contributed by atoms with Crippen molar-refractivity contribution in [1.29, 1.82) is 0 Å². The molecule has 0 N–H and O–H groups in total. The van der Waals surface area contributed by atoms with Crippen molar-refractivity contribution in [1.82, 2.24) is 19.3 Å². The zero-order chi connectivity index (χ0) is 20.3. The van der Waals surface area contributed by atoms with Crippen LogP contribution in [0, 0.1) is 18.6 Å². The number of hydrogen-bond acceptors (Lipinski definition) is 6. The van der Waals surface area contributed by atoms with Crippen LogP contribution in [0.3, 0.4) is 0 Å². The fraction of sp³-hybridized carbons (Fsp3) is 0.471. The number of aryl methyl sites for hydroxylation is 2. The van der Waals surface area contributed by atoms with Crippen LogP contribution in [0.4, 0.5) is 8.78 Å². The second-order valence-electron chi connectivity index (χ2n) is 6.45. The second kappa shape index (κ2) is 8.31. The Morgan fingerprint density at radius 1 is 1.21 bits per heavy atom. The standard InChI is InChI=1S/C17H20F2N4O4S/c1-12-20-16(27-21-12)3-2-4-17(24)22-7-9-23(10-8-22)28(25,26)15-11-13(18)5-6-14(15)19/h5-6,11H,2-4,7-10H2,1H3. The molecule has 11 heteroatoms. The average Bonchev–Trinajstić information content (AvgIpc) is 3.08. The third-order valence-corrected chi connectivity index (χ3v) is 6.37. The molecule has 28 heavy (non-hydrogen) atoms. The van der Waals surface area contributed by atoms with Gasteiger partial charge in [-0.15, -0.1) is 0 Å². The minimum absolute atomic E-state index is 0.0207. The van der Waals surface area contributed by atoms with Crippen LogP contribution in [0.1, 0.15) is 24.6 Å². The Morgan fingerprint density at radius 2 is 1.93 bits per heavy atom. The highest BCUT2D eigenvalue weighted by Crippen LogP contribution is 2.22. The molecule has 0 bridgehead atoms. The van der Waals surface area contributed by atoms with E-state index in [0.29, 0.717) is 30.6 Å². The number of carbonyl (C=O) groups is 1. The number of hydrogen-bond donors (Lipinski definition) is 0. The molecule has 3 rings (SSSR count). The van der Waals surface area contributed by atoms with Gasteiger partial charge in [0.25, 0.3) is 0 Å². The molecule has 1 aromatic carbocycles. The molecule has 1 aliphatic rings. The number of sulfonamides is 1. The molecule has 0 unspecified atom stereocenters. The van der Waals surface area contributed by atoms with Crippen LogP contribution >= 0.6 is 0 Å². The summed E-state index contributed by atoms with van der Waals surface area (Å²) < 4.78 is 58.4. The van der Waals surface area contributed by atoms with Gasteiger partial charge >= 0.3 is 0 Å². The van der Waals surface area contributed by atoms with E-state index >= 15 is 0 Å². The molecule has 2 aromatic rings. The predicted molar refractivity (Wildman–Crippen MR) is 93.7 cm³/mol. The van der Waals surface area contributed by atoms with Crippen molar-refractivity contribution in [2.24, 2.45) is 0 Å². The Balaban J connectivity index is 1.53. The van der Waals surface area contributed by atoms with Crippen molar-refractivity contribution in [2.75, 3.05) is 26.2 Å². The molecular weight excluding hydrogens is 394 g/mol. The molecule has 0 spiro atoms. The normalized spacial score (nSPS) is 15.8. The maximum Gasteiger partial charge on any atom is 0.246 e. The van der Waals surface area contributed by atoms with E-state index < -0.39 is 26.6 Å². The summed E-state index contributed by atoms with van der Waals surface area (Å²) in [6.07, 6.45) is 1.29. The number of halogens is 2. The molecule has 1 amide bonds. The molecule has 0 saturated carbocycles. The number of aromatic nitrogens is 2. The SMILES string of the molecule is Cc1noc(CCCC(=O)N2CCN(S(=O)(=O)c3cc(F)ccc3F)CC2)n1. The highest BCUT2D eigenvalue weighted by atomic mass is 32.2. The van der Waals surface area contributed by atoms with Crippen molar-refractivity contribution in [3.63, 3.8) is 0 Å². The van der Waals surface area contributed by atoms with Gasteiger partial charge in [0, 0.05) is 39.0 Å². The first-order valence-electron chi connectivity index (χ1n) is 8.79. The summed E-state index contributed by atoms with van der Waals surface area (Å²) in [5, 5.41) is 3.68. The number of nitrogens with zero attached hydrogens (tertiary/aromatic N) is 4. The first-order valence-corrected chi connectivity index (χ1v) is 10.2. The summed E-state index contributed by atoms with van der Waals surface area (Å²) in [5.74, 6) is -0.932. The van der Waals surface area contributed by atoms with E-state index in [-0.39, 0.29) is 38.5 Å². The molecule has 0 atom stereocenters. The maximum absolute atomic E-state index is 13.9. The molecule has 1 saturated heterocycles. The van der Waals surface area contributed by atoms with E-state index in [1.165, 1.54) is 0 Å². The first kappa shape index (κ1) is 20.3. The van der Waals surface area contributed by atoms with Crippen LogP contribution in [-0.2, 0) is 21.2 Å². The van der Waals surface area contributed by atoms with Crippen LogP contribution in [0.2, 0.25) is 0 Å². The lowest BCUT2D eigenvalue weighted by molar-refractivity contribution is -0.132. The second-order valence-corrected chi connectivity index (χ2v) is 8.35. The van der Waals surface area contributed by atoms with Gasteiger partial charge in [0.2, 0.25) is 21.8 Å². The molecule has 152 valence electrons. The summed E-state index contributed by atoms with van der Waals surface area (Å²) in [6, 6.07) is 2.31. The van der Waals surface area contributed by atoms with Gasteiger partial charge in [-0.2, -0.15) is 9.29 Å². The number of amides is 1. The van der Waals surface area contributed by atoms with Crippen molar-refractivity contribution >= 4 is 15.9 Å². The molecule has 2 heterocycles. The summed E-state index contributed by atoms with van der Waals surface area (Å²) in [6.45, 7) is 2.13. The van der Waals surface area contributed by atoms with E-state index in [2.05, 4.69) is 10.1 Å². The zero-order valence-electron chi connectivity index (χ0n) is 15.3. The minimum atomic E-state index is -4.16. The lowest BCUT2D eigenvalue weighted by atomic mass is 10.2. The Bertz CT molecular complexity index is 956. The molecule has 0 aliphatic carbocycles. The van der Waals surface area contributed by atoms with Gasteiger partial charge in [0.1, 0.15) is 16.5 Å². The third kappa shape index (κ3) is 4.53. The van der Waals surface area contributed by atoms with E-state index in [4.69, 9.17) is 4.52 Å². The van der Waals surface area contributed by atoms with Gasteiger partial charge in [-0.25, -0.2) is 17.2 Å². The van der Waals surface area contributed by atoms with Gasteiger partial charge in [0.15, 0.2) is 5.82 Å². The number of rotatable bonds is 6. The predicted octanol–water partition coefficient (Wildman–Crippen LogP) is 1.51. The van der Waals surface area contributed by atoms with Gasteiger partial charge in [0.05, 0.1) is 0 Å². The lowest BCUT2D eigenvalue weighted by Crippen LogP contribution is -2.50. The van der Waals surface area contributed by atoms with Crippen LogP contribution in [0.15, 0.2) is 27.6 Å². The number of benzene rings is 1. The monoisotopic (exact) mass is 414 g/mol. The zero-order valence-corrected chi connectivity index (χ0v) is 16.1. The van der Waals surface area contributed by atoms with Crippen LogP contribution in [0.5, 0.6) is 0 Å². The summed E-state index contributed by atoms with van der Waals surface area (Å²) in [5.41, 5.74) is 0. The topological polar surface area (TPSA) is 96.6 Å². The van der Waals surface area contributed by atoms with E-state index in [1.807, 2.05) is 0 Å². The highest BCUT2D eigenvalue weighted by Gasteiger charge is 2.32. The Hall–Kier alpha value is -2.40. The van der Waals surface area contributed by atoms with Crippen molar-refractivity contribution < 1.29 is 26.5 Å². The molecule has 0 radical (unpaired) electrons. The number of piperazine rings is 1. The largest absolute Gasteiger partial charge is 0.340 e. The Morgan fingerprint density at radius 3 is 2.57 bits per heavy atom. The fourth-order valence-corrected chi connectivity index (χ4v) is 4.48.